The summed E-state index contributed by atoms with van der Waals surface area (Å²) in [5, 5.41) is 30.9. The van der Waals surface area contributed by atoms with Gasteiger partial charge in [-0.25, -0.2) is 0 Å². The molecular weight excluding hydrogens is 306 g/mol. The number of hydrogen-bond acceptors (Lipinski definition) is 5. The summed E-state index contributed by atoms with van der Waals surface area (Å²) >= 11 is 0. The molecule has 5 heteroatoms. The van der Waals surface area contributed by atoms with Gasteiger partial charge in [0.05, 0.1) is 19.8 Å². The number of methoxy groups -OCH3 is 1. The number of fused-ring (bicyclic) bond motifs is 1. The van der Waals surface area contributed by atoms with Crippen molar-refractivity contribution in [3.63, 3.8) is 0 Å². The standard InChI is InChI=1S/C19H23NO4/c1-20-6-5-19-9-12(10-21)15(22)8-13(19)14(20)7-11-3-4-16(24-2)18(23)17(11)19/h3-4,8-9,14-15,21-23H,5-7,10H2,1-2H3/t14-,15+,19+/m1/s1. The summed E-state index contributed by atoms with van der Waals surface area (Å²) in [6.45, 7) is 0.705. The summed E-state index contributed by atoms with van der Waals surface area (Å²) in [7, 11) is 3.65. The second-order valence-corrected chi connectivity index (χ2v) is 7.02. The Balaban J connectivity index is 2.01. The molecule has 1 aromatic rings. The molecule has 0 unspecified atom stereocenters. The third-order valence-electron chi connectivity index (χ3n) is 5.90. The van der Waals surface area contributed by atoms with Gasteiger partial charge in [-0.05, 0) is 55.3 Å². The molecule has 0 amide bonds. The zero-order valence-electron chi connectivity index (χ0n) is 14.0. The maximum absolute atomic E-state index is 10.9. The van der Waals surface area contributed by atoms with Gasteiger partial charge in [-0.15, -0.1) is 0 Å². The molecule has 2 bridgehead atoms. The molecule has 0 radical (unpaired) electrons. The normalized spacial score (nSPS) is 31.7. The number of aliphatic hydroxyl groups excluding tert-OH is 2. The second kappa shape index (κ2) is 5.34. The summed E-state index contributed by atoms with van der Waals surface area (Å²) in [6.07, 6.45) is 4.68. The Hall–Kier alpha value is -1.82. The largest absolute Gasteiger partial charge is 0.504 e. The summed E-state index contributed by atoms with van der Waals surface area (Å²) in [5.74, 6) is 0.638. The van der Waals surface area contributed by atoms with Crippen molar-refractivity contribution in [2.75, 3.05) is 27.3 Å². The predicted octanol–water partition coefficient (Wildman–Crippen LogP) is 1.12. The first-order valence-corrected chi connectivity index (χ1v) is 8.34. The third-order valence-corrected chi connectivity index (χ3v) is 5.90. The van der Waals surface area contributed by atoms with Crippen LogP contribution in [0.3, 0.4) is 0 Å². The zero-order valence-corrected chi connectivity index (χ0v) is 14.0. The number of phenolic OH excluding ortho intramolecular Hbond substituents is 1. The van der Waals surface area contributed by atoms with Crippen molar-refractivity contribution in [2.45, 2.75) is 30.4 Å². The minimum Gasteiger partial charge on any atom is -0.504 e. The minimum atomic E-state index is -0.763. The lowest BCUT2D eigenvalue weighted by molar-refractivity contribution is 0.165. The van der Waals surface area contributed by atoms with Gasteiger partial charge < -0.3 is 20.1 Å². The van der Waals surface area contributed by atoms with Gasteiger partial charge in [-0.2, -0.15) is 0 Å². The number of rotatable bonds is 2. The number of hydrogen-bond donors (Lipinski definition) is 3. The zero-order chi connectivity index (χ0) is 17.1. The van der Waals surface area contributed by atoms with Gasteiger partial charge in [0.25, 0.3) is 0 Å². The summed E-state index contributed by atoms with van der Waals surface area (Å²) in [4.78, 5) is 2.30. The van der Waals surface area contributed by atoms with Crippen molar-refractivity contribution >= 4 is 0 Å². The quantitative estimate of drug-likeness (QED) is 0.709. The van der Waals surface area contributed by atoms with Gasteiger partial charge in [0.1, 0.15) is 0 Å². The van der Waals surface area contributed by atoms with Crippen molar-refractivity contribution in [2.24, 2.45) is 0 Å². The van der Waals surface area contributed by atoms with Crippen LogP contribution in [0, 0.1) is 0 Å². The van der Waals surface area contributed by atoms with Crippen LogP contribution in [0.4, 0.5) is 0 Å². The Morgan fingerprint density at radius 1 is 1.38 bits per heavy atom. The number of likely N-dealkylation sites (tertiary alicyclic amines) is 1. The van der Waals surface area contributed by atoms with E-state index >= 15 is 0 Å². The number of aromatic hydroxyl groups is 1. The van der Waals surface area contributed by atoms with Gasteiger partial charge in [0, 0.05) is 17.0 Å². The molecular formula is C19H23NO4. The Bertz CT molecular complexity index is 754. The minimum absolute atomic E-state index is 0.175. The Morgan fingerprint density at radius 2 is 2.17 bits per heavy atom. The van der Waals surface area contributed by atoms with Crippen molar-refractivity contribution in [1.82, 2.24) is 4.90 Å². The van der Waals surface area contributed by atoms with Gasteiger partial charge in [0.15, 0.2) is 11.5 Å². The highest BCUT2D eigenvalue weighted by Crippen LogP contribution is 2.55. The Labute approximate surface area is 141 Å². The molecule has 1 fully saturated rings. The molecule has 1 aliphatic heterocycles. The molecule has 3 aliphatic rings. The molecule has 24 heavy (non-hydrogen) atoms. The smallest absolute Gasteiger partial charge is 0.162 e. The van der Waals surface area contributed by atoms with Crippen LogP contribution in [0.2, 0.25) is 0 Å². The molecule has 2 aliphatic carbocycles. The molecule has 5 nitrogen and oxygen atoms in total. The van der Waals surface area contributed by atoms with E-state index in [4.69, 9.17) is 4.74 Å². The number of likely N-dealkylation sites (N-methyl/N-ethyl adjacent to an activating group) is 1. The van der Waals surface area contributed by atoms with Crippen molar-refractivity contribution in [1.29, 1.82) is 0 Å². The molecule has 3 atom stereocenters. The van der Waals surface area contributed by atoms with E-state index in [-0.39, 0.29) is 18.4 Å². The summed E-state index contributed by atoms with van der Waals surface area (Å²) in [5.41, 5.74) is 3.22. The van der Waals surface area contributed by atoms with E-state index in [1.807, 2.05) is 24.3 Å². The van der Waals surface area contributed by atoms with E-state index in [0.29, 0.717) is 11.3 Å². The average Bonchev–Trinajstić information content (AvgIpc) is 2.58. The Kier molecular flexibility index (Phi) is 3.49. The number of allylic oxidation sites excluding steroid dienone is 1. The third kappa shape index (κ3) is 1.92. The van der Waals surface area contributed by atoms with Gasteiger partial charge in [-0.3, -0.25) is 4.90 Å². The fourth-order valence-corrected chi connectivity index (χ4v) is 4.68. The predicted molar refractivity (Wildman–Crippen MR) is 90.3 cm³/mol. The van der Waals surface area contributed by atoms with Crippen molar-refractivity contribution in [3.05, 3.63) is 46.6 Å². The van der Waals surface area contributed by atoms with Crippen LogP contribution in [-0.2, 0) is 11.8 Å². The summed E-state index contributed by atoms with van der Waals surface area (Å²) in [6, 6.07) is 4.03. The number of aliphatic hydroxyl groups is 2. The van der Waals surface area contributed by atoms with Crippen LogP contribution in [0.25, 0.3) is 0 Å². The molecule has 3 N–H and O–H groups in total. The van der Waals surface area contributed by atoms with Crippen LogP contribution in [0.5, 0.6) is 11.5 Å². The first-order valence-electron chi connectivity index (χ1n) is 8.34. The molecule has 1 saturated heterocycles. The number of phenols is 1. The topological polar surface area (TPSA) is 73.2 Å². The van der Waals surface area contributed by atoms with Crippen LogP contribution in [0.15, 0.2) is 35.4 Å². The molecule has 128 valence electrons. The maximum atomic E-state index is 10.9. The van der Waals surface area contributed by atoms with E-state index in [2.05, 4.69) is 11.9 Å². The van der Waals surface area contributed by atoms with E-state index in [1.165, 1.54) is 0 Å². The van der Waals surface area contributed by atoms with Gasteiger partial charge >= 0.3 is 0 Å². The molecule has 1 heterocycles. The average molecular weight is 329 g/mol. The van der Waals surface area contributed by atoms with Crippen molar-refractivity contribution < 1.29 is 20.1 Å². The van der Waals surface area contributed by atoms with Crippen LogP contribution < -0.4 is 4.74 Å². The van der Waals surface area contributed by atoms with Gasteiger partial charge in [-0.1, -0.05) is 12.1 Å². The molecule has 0 aromatic heterocycles. The van der Waals surface area contributed by atoms with Gasteiger partial charge in [0.2, 0.25) is 0 Å². The maximum Gasteiger partial charge on any atom is 0.162 e. The van der Waals surface area contributed by atoms with Crippen LogP contribution >= 0.6 is 0 Å². The summed E-state index contributed by atoms with van der Waals surface area (Å²) < 4.78 is 5.32. The lowest BCUT2D eigenvalue weighted by Gasteiger charge is -2.53. The van der Waals surface area contributed by atoms with E-state index in [9.17, 15) is 15.3 Å². The van der Waals surface area contributed by atoms with Crippen LogP contribution in [-0.4, -0.2) is 59.7 Å². The molecule has 0 saturated carbocycles. The van der Waals surface area contributed by atoms with E-state index in [0.717, 1.165) is 36.1 Å². The second-order valence-electron chi connectivity index (χ2n) is 7.02. The SMILES string of the molecule is COc1ccc2c(c1O)[C@@]13C=C(CO)[C@@H](O)C=C1[C@@H](C2)N(C)CC3. The number of benzene rings is 1. The highest BCUT2D eigenvalue weighted by Gasteiger charge is 2.51. The lowest BCUT2D eigenvalue weighted by Crippen LogP contribution is -2.54. The highest BCUT2D eigenvalue weighted by atomic mass is 16.5. The van der Waals surface area contributed by atoms with Crippen LogP contribution in [0.1, 0.15) is 17.5 Å². The molecule has 0 spiro atoms. The molecule has 1 aromatic carbocycles. The first-order chi connectivity index (χ1) is 11.5. The number of nitrogens with zero attached hydrogens (tertiary/aromatic N) is 1. The molecule has 4 rings (SSSR count). The Morgan fingerprint density at radius 3 is 2.88 bits per heavy atom. The first kappa shape index (κ1) is 15.7. The van der Waals surface area contributed by atoms with E-state index < -0.39 is 11.5 Å². The highest BCUT2D eigenvalue weighted by molar-refractivity contribution is 5.64. The monoisotopic (exact) mass is 329 g/mol. The van der Waals surface area contributed by atoms with E-state index in [1.54, 1.807) is 7.11 Å². The fraction of sp³-hybridized carbons (Fsp3) is 0.474. The fourth-order valence-electron chi connectivity index (χ4n) is 4.68. The number of ether oxygens (including phenoxy) is 1. The lowest BCUT2D eigenvalue weighted by atomic mass is 9.58. The number of piperidine rings is 1. The van der Waals surface area contributed by atoms with Crippen molar-refractivity contribution in [3.8, 4) is 11.5 Å².